The molecule has 0 bridgehead atoms. The molecule has 1 aliphatic carbocycles. The molecule has 1 unspecified atom stereocenters. The van der Waals surface area contributed by atoms with Crippen LogP contribution in [0.2, 0.25) is 0 Å². The van der Waals surface area contributed by atoms with Gasteiger partial charge in [-0.3, -0.25) is 0 Å². The van der Waals surface area contributed by atoms with E-state index in [1.54, 1.807) is 4.31 Å². The molecule has 1 N–H and O–H groups in total. The van der Waals surface area contributed by atoms with Crippen molar-refractivity contribution in [3.63, 3.8) is 0 Å². The van der Waals surface area contributed by atoms with Crippen molar-refractivity contribution in [1.82, 2.24) is 9.03 Å². The number of sulfonamides is 2. The minimum Gasteiger partial charge on any atom is -0.212 e. The summed E-state index contributed by atoms with van der Waals surface area (Å²) in [5.41, 5.74) is 0. The van der Waals surface area contributed by atoms with Crippen molar-refractivity contribution in [2.75, 3.05) is 19.6 Å². The second kappa shape index (κ2) is 6.76. The van der Waals surface area contributed by atoms with E-state index in [9.17, 15) is 16.8 Å². The first kappa shape index (κ1) is 16.9. The van der Waals surface area contributed by atoms with Crippen LogP contribution in [0.4, 0.5) is 0 Å². The van der Waals surface area contributed by atoms with E-state index >= 15 is 0 Å². The van der Waals surface area contributed by atoms with Crippen molar-refractivity contribution in [3.8, 4) is 0 Å². The number of nitrogens with one attached hydrogen (secondary N) is 1. The fraction of sp³-hybridized carbons (Fsp3) is 0.846. The van der Waals surface area contributed by atoms with Gasteiger partial charge >= 0.3 is 0 Å². The third-order valence-corrected chi connectivity index (χ3v) is 7.73. The Morgan fingerprint density at radius 2 is 1.76 bits per heavy atom. The second-order valence-electron chi connectivity index (χ2n) is 5.88. The number of rotatable bonds is 6. The summed E-state index contributed by atoms with van der Waals surface area (Å²) < 4.78 is 51.9. The summed E-state index contributed by atoms with van der Waals surface area (Å²) in [6.07, 6.45) is 5.11. The summed E-state index contributed by atoms with van der Waals surface area (Å²) in [4.78, 5) is 0. The van der Waals surface area contributed by atoms with E-state index in [-0.39, 0.29) is 17.7 Å². The maximum Gasteiger partial charge on any atom is 0.233 e. The lowest BCUT2D eigenvalue weighted by molar-refractivity contribution is 0.265. The zero-order valence-electron chi connectivity index (χ0n) is 12.2. The molecular formula is C13H24N2O4S2. The SMILES string of the molecule is C=CS(=O)(=O)NCC1CCCN(S(=O)(=O)C2CCCC2)C1. The second-order valence-corrected chi connectivity index (χ2v) is 9.80. The summed E-state index contributed by atoms with van der Waals surface area (Å²) in [7, 11) is -6.66. The van der Waals surface area contributed by atoms with Gasteiger partial charge in [0.25, 0.3) is 0 Å². The van der Waals surface area contributed by atoms with Crippen LogP contribution in [0.1, 0.15) is 38.5 Å². The molecule has 122 valence electrons. The highest BCUT2D eigenvalue weighted by molar-refractivity contribution is 7.92. The summed E-state index contributed by atoms with van der Waals surface area (Å²) in [5, 5.41) is 0.643. The first-order valence-corrected chi connectivity index (χ1v) is 10.5. The van der Waals surface area contributed by atoms with E-state index in [1.165, 1.54) is 0 Å². The van der Waals surface area contributed by atoms with Gasteiger partial charge in [-0.25, -0.2) is 25.9 Å². The van der Waals surface area contributed by atoms with Crippen molar-refractivity contribution in [2.24, 2.45) is 5.92 Å². The number of hydrogen-bond donors (Lipinski definition) is 1. The Balaban J connectivity index is 1.95. The van der Waals surface area contributed by atoms with Gasteiger partial charge in [-0.1, -0.05) is 19.4 Å². The quantitative estimate of drug-likeness (QED) is 0.785. The van der Waals surface area contributed by atoms with Crippen LogP contribution in [0.15, 0.2) is 12.0 Å². The molecule has 0 aromatic rings. The smallest absolute Gasteiger partial charge is 0.212 e. The topological polar surface area (TPSA) is 83.6 Å². The van der Waals surface area contributed by atoms with Gasteiger partial charge < -0.3 is 0 Å². The van der Waals surface area contributed by atoms with Crippen LogP contribution < -0.4 is 4.72 Å². The molecule has 1 saturated heterocycles. The largest absolute Gasteiger partial charge is 0.233 e. The lowest BCUT2D eigenvalue weighted by Gasteiger charge is -2.33. The molecule has 0 radical (unpaired) electrons. The number of nitrogens with zero attached hydrogens (tertiary/aromatic N) is 1. The molecule has 0 spiro atoms. The minimum atomic E-state index is -3.44. The van der Waals surface area contributed by atoms with Gasteiger partial charge in [-0.2, -0.15) is 0 Å². The van der Waals surface area contributed by atoms with Crippen LogP contribution in [-0.4, -0.2) is 46.0 Å². The highest BCUT2D eigenvalue weighted by Crippen LogP contribution is 2.29. The third kappa shape index (κ3) is 4.28. The van der Waals surface area contributed by atoms with E-state index in [1.807, 2.05) is 0 Å². The van der Waals surface area contributed by atoms with Gasteiger partial charge in [-0.15, -0.1) is 0 Å². The monoisotopic (exact) mass is 336 g/mol. The van der Waals surface area contributed by atoms with Crippen molar-refractivity contribution in [2.45, 2.75) is 43.8 Å². The molecule has 1 aliphatic heterocycles. The van der Waals surface area contributed by atoms with Gasteiger partial charge in [-0.05, 0) is 31.6 Å². The maximum absolute atomic E-state index is 12.6. The average molecular weight is 336 g/mol. The molecule has 8 heteroatoms. The van der Waals surface area contributed by atoms with E-state index in [2.05, 4.69) is 11.3 Å². The van der Waals surface area contributed by atoms with E-state index in [0.29, 0.717) is 13.1 Å². The Kier molecular flexibility index (Phi) is 5.45. The van der Waals surface area contributed by atoms with Gasteiger partial charge in [0.2, 0.25) is 20.0 Å². The number of hydrogen-bond acceptors (Lipinski definition) is 4. The molecule has 21 heavy (non-hydrogen) atoms. The molecule has 2 aliphatic rings. The number of piperidine rings is 1. The molecule has 6 nitrogen and oxygen atoms in total. The summed E-state index contributed by atoms with van der Waals surface area (Å²) in [6.45, 7) is 4.49. The molecule has 1 atom stereocenters. The Hall–Kier alpha value is -0.440. The molecule has 2 rings (SSSR count). The minimum absolute atomic E-state index is 0.0321. The van der Waals surface area contributed by atoms with Crippen LogP contribution >= 0.6 is 0 Å². The lowest BCUT2D eigenvalue weighted by atomic mass is 10.0. The summed E-state index contributed by atoms with van der Waals surface area (Å²) in [5.74, 6) is 0.0321. The van der Waals surface area contributed by atoms with Gasteiger partial charge in [0.1, 0.15) is 0 Å². The van der Waals surface area contributed by atoms with Crippen LogP contribution in [-0.2, 0) is 20.0 Å². The molecular weight excluding hydrogens is 312 g/mol. The van der Waals surface area contributed by atoms with Gasteiger partial charge in [0.05, 0.1) is 5.25 Å². The summed E-state index contributed by atoms with van der Waals surface area (Å²) >= 11 is 0. The Morgan fingerprint density at radius 3 is 2.38 bits per heavy atom. The first-order chi connectivity index (χ1) is 9.85. The molecule has 0 amide bonds. The fourth-order valence-corrected chi connectivity index (χ4v) is 5.85. The van der Waals surface area contributed by atoms with Crippen molar-refractivity contribution in [1.29, 1.82) is 0 Å². The predicted octanol–water partition coefficient (Wildman–Crippen LogP) is 1.03. The van der Waals surface area contributed by atoms with Crippen LogP contribution in [0.3, 0.4) is 0 Å². The molecule has 2 fully saturated rings. The third-order valence-electron chi connectivity index (χ3n) is 4.36. The zero-order valence-corrected chi connectivity index (χ0v) is 13.8. The van der Waals surface area contributed by atoms with E-state index < -0.39 is 20.0 Å². The van der Waals surface area contributed by atoms with Crippen LogP contribution in [0.25, 0.3) is 0 Å². The lowest BCUT2D eigenvalue weighted by Crippen LogP contribution is -2.46. The zero-order chi connectivity index (χ0) is 15.5. The maximum atomic E-state index is 12.6. The summed E-state index contributed by atoms with van der Waals surface area (Å²) in [6, 6.07) is 0. The van der Waals surface area contributed by atoms with Crippen molar-refractivity contribution < 1.29 is 16.8 Å². The van der Waals surface area contributed by atoms with E-state index in [4.69, 9.17) is 0 Å². The van der Waals surface area contributed by atoms with Crippen molar-refractivity contribution >= 4 is 20.0 Å². The highest BCUT2D eigenvalue weighted by atomic mass is 32.2. The fourth-order valence-electron chi connectivity index (χ4n) is 3.11. The Morgan fingerprint density at radius 1 is 1.10 bits per heavy atom. The standard InChI is InChI=1S/C13H24N2O4S2/c1-2-20(16,17)14-10-12-6-5-9-15(11-12)21(18,19)13-7-3-4-8-13/h2,12-14H,1,3-11H2. The molecule has 1 heterocycles. The molecule has 0 aromatic carbocycles. The Bertz CT molecular complexity index is 565. The van der Waals surface area contributed by atoms with Crippen LogP contribution in [0.5, 0.6) is 0 Å². The Labute approximate surface area is 127 Å². The van der Waals surface area contributed by atoms with Crippen LogP contribution in [0, 0.1) is 5.92 Å². The van der Waals surface area contributed by atoms with Crippen molar-refractivity contribution in [3.05, 3.63) is 12.0 Å². The van der Waals surface area contributed by atoms with E-state index in [0.717, 1.165) is 43.9 Å². The predicted molar refractivity (Wildman–Crippen MR) is 82.6 cm³/mol. The van der Waals surface area contributed by atoms with Gasteiger partial charge in [0.15, 0.2) is 0 Å². The normalized spacial score (nSPS) is 26.0. The first-order valence-electron chi connectivity index (χ1n) is 7.46. The molecule has 0 aromatic heterocycles. The average Bonchev–Trinajstić information content (AvgIpc) is 3.00. The molecule has 1 saturated carbocycles. The van der Waals surface area contributed by atoms with Gasteiger partial charge in [0, 0.05) is 25.0 Å². The highest BCUT2D eigenvalue weighted by Gasteiger charge is 2.36.